The fraction of sp³-hybridized carbons (Fsp3) is 0.273. The van der Waals surface area contributed by atoms with Gasteiger partial charge in [-0.1, -0.05) is 30.4 Å². The van der Waals surface area contributed by atoms with Gasteiger partial charge in [0.25, 0.3) is 0 Å². The summed E-state index contributed by atoms with van der Waals surface area (Å²) in [4.78, 5) is 3.03. The minimum atomic E-state index is 0.409. The molecular formula is C33H40N2O2+2. The first-order valence-corrected chi connectivity index (χ1v) is 13.5. The minimum Gasteiger partial charge on any atom is -0.464 e. The van der Waals surface area contributed by atoms with Crippen molar-refractivity contribution in [2.24, 2.45) is 0 Å². The summed E-state index contributed by atoms with van der Waals surface area (Å²) in [6.07, 6.45) is 18.9. The first-order valence-electron chi connectivity index (χ1n) is 13.5. The van der Waals surface area contributed by atoms with E-state index in [4.69, 9.17) is 8.83 Å². The maximum Gasteiger partial charge on any atom is 0.134 e. The Bertz CT molecular complexity index is 1230. The lowest BCUT2D eigenvalue weighted by Gasteiger charge is -2.23. The largest absolute Gasteiger partial charge is 0.464 e. The number of likely N-dealkylation sites (N-methyl/N-ethyl adjacent to an activating group) is 1. The Morgan fingerprint density at radius 1 is 0.784 bits per heavy atom. The molecule has 0 aliphatic heterocycles. The van der Waals surface area contributed by atoms with Gasteiger partial charge in [0, 0.05) is 11.1 Å². The van der Waals surface area contributed by atoms with Gasteiger partial charge >= 0.3 is 0 Å². The molecule has 1 aliphatic rings. The molecule has 0 saturated carbocycles. The van der Waals surface area contributed by atoms with Crippen LogP contribution in [0.2, 0.25) is 0 Å². The van der Waals surface area contributed by atoms with Crippen molar-refractivity contribution in [3.05, 3.63) is 126 Å². The number of quaternary nitrogens is 2. The fourth-order valence-corrected chi connectivity index (χ4v) is 5.00. The summed E-state index contributed by atoms with van der Waals surface area (Å²) < 4.78 is 11.6. The average Bonchev–Trinajstić information content (AvgIpc) is 3.67. The molecule has 0 spiro atoms. The van der Waals surface area contributed by atoms with E-state index in [-0.39, 0.29) is 0 Å². The SMILES string of the molecule is CC[NH+](CC)c1ccc(C(=CC=CC(=C2C=CC([NH+](CC)CC)C=C2)c2ccco2)c2ccco2)cc1. The summed E-state index contributed by atoms with van der Waals surface area (Å²) in [5.41, 5.74) is 5.69. The van der Waals surface area contributed by atoms with E-state index >= 15 is 0 Å². The molecule has 3 aromatic rings. The first-order chi connectivity index (χ1) is 18.2. The van der Waals surface area contributed by atoms with Gasteiger partial charge in [0.15, 0.2) is 0 Å². The topological polar surface area (TPSA) is 35.2 Å². The molecule has 4 rings (SSSR count). The van der Waals surface area contributed by atoms with Crippen LogP contribution in [0.15, 0.2) is 118 Å². The molecule has 0 unspecified atom stereocenters. The van der Waals surface area contributed by atoms with Crippen molar-refractivity contribution in [2.45, 2.75) is 33.7 Å². The molecule has 0 saturated heterocycles. The second kappa shape index (κ2) is 13.1. The van der Waals surface area contributed by atoms with E-state index < -0.39 is 0 Å². The highest BCUT2D eigenvalue weighted by Crippen LogP contribution is 2.27. The van der Waals surface area contributed by atoms with Crippen molar-refractivity contribution >= 4 is 16.8 Å². The third-order valence-corrected chi connectivity index (χ3v) is 7.21. The van der Waals surface area contributed by atoms with E-state index in [1.807, 2.05) is 24.3 Å². The molecule has 0 fully saturated rings. The molecule has 2 aromatic heterocycles. The highest BCUT2D eigenvalue weighted by molar-refractivity contribution is 5.81. The Kier molecular flexibility index (Phi) is 9.36. The molecule has 2 N–H and O–H groups in total. The molecule has 1 aliphatic carbocycles. The van der Waals surface area contributed by atoms with Gasteiger partial charge in [-0.3, -0.25) is 0 Å². The maximum absolute atomic E-state index is 5.81. The molecule has 37 heavy (non-hydrogen) atoms. The van der Waals surface area contributed by atoms with Crippen molar-refractivity contribution in [1.82, 2.24) is 0 Å². The second-order valence-electron chi connectivity index (χ2n) is 9.26. The van der Waals surface area contributed by atoms with Gasteiger partial charge in [-0.25, -0.2) is 0 Å². The zero-order chi connectivity index (χ0) is 26.0. The van der Waals surface area contributed by atoms with Gasteiger partial charge < -0.3 is 18.6 Å². The third kappa shape index (κ3) is 6.40. The summed E-state index contributed by atoms with van der Waals surface area (Å²) >= 11 is 0. The van der Waals surface area contributed by atoms with Crippen LogP contribution >= 0.6 is 0 Å². The number of rotatable bonds is 11. The summed E-state index contributed by atoms with van der Waals surface area (Å²) in [5, 5.41) is 0. The average molecular weight is 497 g/mol. The quantitative estimate of drug-likeness (QED) is 0.354. The Morgan fingerprint density at radius 3 is 1.95 bits per heavy atom. The Morgan fingerprint density at radius 2 is 1.41 bits per heavy atom. The molecule has 192 valence electrons. The number of nitrogens with one attached hydrogen (secondary N) is 2. The van der Waals surface area contributed by atoms with Crippen LogP contribution in [0.4, 0.5) is 5.69 Å². The second-order valence-corrected chi connectivity index (χ2v) is 9.26. The van der Waals surface area contributed by atoms with Crippen LogP contribution in [-0.4, -0.2) is 32.2 Å². The van der Waals surface area contributed by atoms with Gasteiger partial charge in [-0.05, 0) is 99.5 Å². The maximum atomic E-state index is 5.81. The molecular weight excluding hydrogens is 456 g/mol. The van der Waals surface area contributed by atoms with Crippen LogP contribution < -0.4 is 9.80 Å². The van der Waals surface area contributed by atoms with Crippen LogP contribution in [0.1, 0.15) is 44.8 Å². The molecule has 0 amide bonds. The molecule has 0 bridgehead atoms. The Hall–Kier alpha value is -3.60. The highest BCUT2D eigenvalue weighted by atomic mass is 16.3. The molecule has 0 atom stereocenters. The monoisotopic (exact) mass is 496 g/mol. The zero-order valence-corrected chi connectivity index (χ0v) is 22.5. The predicted molar refractivity (Wildman–Crippen MR) is 153 cm³/mol. The van der Waals surface area contributed by atoms with Gasteiger partial charge in [-0.15, -0.1) is 0 Å². The number of furan rings is 2. The number of hydrogen-bond donors (Lipinski definition) is 2. The first kappa shape index (κ1) is 26.5. The number of benzene rings is 1. The van der Waals surface area contributed by atoms with E-state index in [2.05, 4.69) is 94.5 Å². The van der Waals surface area contributed by atoms with E-state index in [0.29, 0.717) is 6.04 Å². The lowest BCUT2D eigenvalue weighted by molar-refractivity contribution is -0.908. The van der Waals surface area contributed by atoms with Gasteiger partial charge in [0.2, 0.25) is 0 Å². The normalized spacial score (nSPS) is 16.0. The molecule has 0 radical (unpaired) electrons. The van der Waals surface area contributed by atoms with Crippen LogP contribution in [0.5, 0.6) is 0 Å². The van der Waals surface area contributed by atoms with Crippen LogP contribution in [-0.2, 0) is 0 Å². The van der Waals surface area contributed by atoms with Crippen LogP contribution in [0.25, 0.3) is 11.1 Å². The summed E-state index contributed by atoms with van der Waals surface area (Å²) in [6, 6.07) is 17.1. The molecule has 4 heteroatoms. The van der Waals surface area contributed by atoms with Crippen LogP contribution in [0, 0.1) is 0 Å². The fourth-order valence-electron chi connectivity index (χ4n) is 5.00. The number of allylic oxidation sites excluding steroid dienone is 7. The van der Waals surface area contributed by atoms with Gasteiger partial charge in [0.05, 0.1) is 38.7 Å². The van der Waals surface area contributed by atoms with Crippen molar-refractivity contribution in [3.8, 4) is 0 Å². The lowest BCUT2D eigenvalue weighted by atomic mass is 9.97. The van der Waals surface area contributed by atoms with Crippen molar-refractivity contribution < 1.29 is 18.6 Å². The number of hydrogen-bond acceptors (Lipinski definition) is 2. The highest BCUT2D eigenvalue weighted by Gasteiger charge is 2.17. The standard InChI is InChI=1S/C33H38N2O2/c1-5-34(6-2)28-20-16-26(17-21-28)30(32-14-10-24-36-32)12-9-13-31(33-15-11-25-37-33)27-18-22-29(23-19-27)35(7-3)8-4/h9-25,28H,5-8H2,1-4H3/p+2. The van der Waals surface area contributed by atoms with Gasteiger partial charge in [-0.2, -0.15) is 0 Å². The van der Waals surface area contributed by atoms with Crippen molar-refractivity contribution in [2.75, 3.05) is 26.2 Å². The summed E-state index contributed by atoms with van der Waals surface area (Å²) in [7, 11) is 0. The van der Waals surface area contributed by atoms with E-state index in [9.17, 15) is 0 Å². The predicted octanol–water partition coefficient (Wildman–Crippen LogP) is 5.29. The van der Waals surface area contributed by atoms with Crippen molar-refractivity contribution in [3.63, 3.8) is 0 Å². The molecule has 2 heterocycles. The summed E-state index contributed by atoms with van der Waals surface area (Å²) in [6.45, 7) is 13.3. The minimum absolute atomic E-state index is 0.409. The Labute approximate surface area is 221 Å². The summed E-state index contributed by atoms with van der Waals surface area (Å²) in [5.74, 6) is 1.70. The van der Waals surface area contributed by atoms with Crippen molar-refractivity contribution in [1.29, 1.82) is 0 Å². The Balaban J connectivity index is 1.67. The molecule has 1 aromatic carbocycles. The van der Waals surface area contributed by atoms with Crippen LogP contribution in [0.3, 0.4) is 0 Å². The van der Waals surface area contributed by atoms with E-state index in [1.165, 1.54) is 10.6 Å². The van der Waals surface area contributed by atoms with E-state index in [0.717, 1.165) is 60.0 Å². The third-order valence-electron chi connectivity index (χ3n) is 7.21. The zero-order valence-electron chi connectivity index (χ0n) is 22.5. The van der Waals surface area contributed by atoms with E-state index in [1.54, 1.807) is 17.4 Å². The molecule has 4 nitrogen and oxygen atoms in total. The van der Waals surface area contributed by atoms with Gasteiger partial charge in [0.1, 0.15) is 23.2 Å². The lowest BCUT2D eigenvalue weighted by Crippen LogP contribution is -3.14. The smallest absolute Gasteiger partial charge is 0.134 e.